The fourth-order valence-corrected chi connectivity index (χ4v) is 3.07. The number of halogens is 2. The van der Waals surface area contributed by atoms with Crippen LogP contribution in [0.2, 0.25) is 5.02 Å². The Kier molecular flexibility index (Phi) is 5.10. The van der Waals surface area contributed by atoms with Crippen molar-refractivity contribution in [1.82, 2.24) is 0 Å². The third-order valence-corrected chi connectivity index (χ3v) is 4.90. The van der Waals surface area contributed by atoms with E-state index in [2.05, 4.69) is 0 Å². The van der Waals surface area contributed by atoms with E-state index in [1.807, 2.05) is 0 Å². The number of sulfone groups is 1. The van der Waals surface area contributed by atoms with Crippen molar-refractivity contribution in [2.24, 2.45) is 0 Å². The zero-order valence-electron chi connectivity index (χ0n) is 12.9. The molecule has 0 spiro atoms. The molecule has 0 amide bonds. The van der Waals surface area contributed by atoms with E-state index in [0.717, 1.165) is 12.3 Å². The minimum Gasteiger partial charge on any atom is -0.365 e. The first-order valence-corrected chi connectivity index (χ1v) is 9.00. The number of nitro groups is 1. The SMILES string of the molecule is CN(Cc1c(F)cccc1Cl)c1ccc(S(C)(=O)=O)cc1[N+](=O)[O-]. The molecule has 0 bridgehead atoms. The van der Waals surface area contributed by atoms with E-state index in [-0.39, 0.29) is 33.4 Å². The van der Waals surface area contributed by atoms with E-state index >= 15 is 0 Å². The van der Waals surface area contributed by atoms with Gasteiger partial charge in [-0.25, -0.2) is 12.8 Å². The average Bonchev–Trinajstić information content (AvgIpc) is 2.49. The molecule has 0 fully saturated rings. The zero-order chi connectivity index (χ0) is 18.1. The highest BCUT2D eigenvalue weighted by Crippen LogP contribution is 2.32. The number of benzene rings is 2. The molecule has 0 radical (unpaired) electrons. The summed E-state index contributed by atoms with van der Waals surface area (Å²) in [7, 11) is -2.04. The number of nitrogens with zero attached hydrogens (tertiary/aromatic N) is 2. The molecule has 0 saturated heterocycles. The Bertz CT molecular complexity index is 882. The molecule has 2 aromatic carbocycles. The zero-order valence-corrected chi connectivity index (χ0v) is 14.4. The summed E-state index contributed by atoms with van der Waals surface area (Å²) >= 11 is 5.97. The highest BCUT2D eigenvalue weighted by atomic mass is 35.5. The van der Waals surface area contributed by atoms with E-state index in [1.165, 1.54) is 42.3 Å². The topological polar surface area (TPSA) is 80.5 Å². The molecule has 0 aliphatic heterocycles. The molecular formula is C15H14ClFN2O4S. The Morgan fingerprint density at radius 3 is 2.50 bits per heavy atom. The van der Waals surface area contributed by atoms with Gasteiger partial charge in [0.05, 0.1) is 9.82 Å². The van der Waals surface area contributed by atoms with Gasteiger partial charge >= 0.3 is 0 Å². The molecule has 2 aromatic rings. The second-order valence-corrected chi connectivity index (χ2v) is 7.66. The van der Waals surface area contributed by atoms with E-state index in [1.54, 1.807) is 0 Å². The molecular weight excluding hydrogens is 359 g/mol. The normalized spacial score (nSPS) is 11.3. The van der Waals surface area contributed by atoms with Crippen LogP contribution in [0.5, 0.6) is 0 Å². The third kappa shape index (κ3) is 3.82. The predicted octanol–water partition coefficient (Wildman–Crippen LogP) is 3.43. The quantitative estimate of drug-likeness (QED) is 0.593. The summed E-state index contributed by atoms with van der Waals surface area (Å²) in [4.78, 5) is 11.9. The van der Waals surface area contributed by atoms with Gasteiger partial charge in [0.1, 0.15) is 11.5 Å². The molecule has 128 valence electrons. The summed E-state index contributed by atoms with van der Waals surface area (Å²) in [5.41, 5.74) is -0.0252. The number of nitro benzene ring substituents is 1. The van der Waals surface area contributed by atoms with Crippen LogP contribution in [0.1, 0.15) is 5.56 Å². The molecule has 0 aliphatic carbocycles. The molecule has 9 heteroatoms. The summed E-state index contributed by atoms with van der Waals surface area (Å²) in [6, 6.07) is 7.82. The van der Waals surface area contributed by atoms with Crippen LogP contribution in [0.3, 0.4) is 0 Å². The first-order chi connectivity index (χ1) is 11.1. The standard InChI is InChI=1S/C15H14ClFN2O4S/c1-18(9-11-12(16)4-3-5-13(11)17)14-7-6-10(24(2,22)23)8-15(14)19(20)21/h3-8H,9H2,1-2H3. The van der Waals surface area contributed by atoms with Gasteiger partial charge in [-0.15, -0.1) is 0 Å². The van der Waals surface area contributed by atoms with E-state index in [0.29, 0.717) is 0 Å². The lowest BCUT2D eigenvalue weighted by Crippen LogP contribution is -2.19. The highest BCUT2D eigenvalue weighted by molar-refractivity contribution is 7.90. The fraction of sp³-hybridized carbons (Fsp3) is 0.200. The number of anilines is 1. The number of rotatable bonds is 5. The van der Waals surface area contributed by atoms with Crippen LogP contribution in [-0.4, -0.2) is 26.6 Å². The summed E-state index contributed by atoms with van der Waals surface area (Å²) in [5, 5.41) is 11.5. The van der Waals surface area contributed by atoms with Gasteiger partial charge in [0.15, 0.2) is 9.84 Å². The first-order valence-electron chi connectivity index (χ1n) is 6.74. The predicted molar refractivity (Wildman–Crippen MR) is 89.7 cm³/mol. The largest absolute Gasteiger partial charge is 0.365 e. The van der Waals surface area contributed by atoms with Crippen molar-refractivity contribution < 1.29 is 17.7 Å². The second kappa shape index (κ2) is 6.74. The van der Waals surface area contributed by atoms with E-state index in [4.69, 9.17) is 11.6 Å². The molecule has 6 nitrogen and oxygen atoms in total. The Hall–Kier alpha value is -2.19. The molecule has 2 rings (SSSR count). The molecule has 0 aliphatic rings. The lowest BCUT2D eigenvalue weighted by Gasteiger charge is -2.20. The monoisotopic (exact) mass is 372 g/mol. The van der Waals surface area contributed by atoms with Crippen LogP contribution in [0.25, 0.3) is 0 Å². The van der Waals surface area contributed by atoms with Crippen molar-refractivity contribution in [3.63, 3.8) is 0 Å². The Morgan fingerprint density at radius 2 is 1.96 bits per heavy atom. The van der Waals surface area contributed by atoms with Gasteiger partial charge in [0.25, 0.3) is 5.69 Å². The van der Waals surface area contributed by atoms with Crippen LogP contribution in [0.4, 0.5) is 15.8 Å². The maximum Gasteiger partial charge on any atom is 0.293 e. The van der Waals surface area contributed by atoms with Crippen LogP contribution >= 0.6 is 11.6 Å². The van der Waals surface area contributed by atoms with Crippen molar-refractivity contribution in [3.05, 3.63) is 62.9 Å². The van der Waals surface area contributed by atoms with Crippen LogP contribution in [-0.2, 0) is 16.4 Å². The first kappa shape index (κ1) is 18.2. The summed E-state index contributed by atoms with van der Waals surface area (Å²) in [6.07, 6.45) is 0.967. The van der Waals surface area contributed by atoms with Gasteiger partial charge in [-0.05, 0) is 24.3 Å². The van der Waals surface area contributed by atoms with Crippen LogP contribution in [0.15, 0.2) is 41.3 Å². The smallest absolute Gasteiger partial charge is 0.293 e. The van der Waals surface area contributed by atoms with Crippen LogP contribution < -0.4 is 4.90 Å². The number of hydrogen-bond acceptors (Lipinski definition) is 5. The number of hydrogen-bond donors (Lipinski definition) is 0. The Labute approximate surface area is 143 Å². The lowest BCUT2D eigenvalue weighted by atomic mass is 10.1. The molecule has 0 atom stereocenters. The summed E-state index contributed by atoms with van der Waals surface area (Å²) < 4.78 is 37.0. The van der Waals surface area contributed by atoms with Crippen molar-refractivity contribution in [3.8, 4) is 0 Å². The second-order valence-electron chi connectivity index (χ2n) is 5.24. The van der Waals surface area contributed by atoms with Gasteiger partial charge in [-0.2, -0.15) is 0 Å². The van der Waals surface area contributed by atoms with Crippen molar-refractivity contribution in [1.29, 1.82) is 0 Å². The van der Waals surface area contributed by atoms with Gasteiger partial charge < -0.3 is 4.90 Å². The van der Waals surface area contributed by atoms with E-state index in [9.17, 15) is 22.9 Å². The van der Waals surface area contributed by atoms with E-state index < -0.39 is 20.6 Å². The maximum atomic E-state index is 13.9. The maximum absolute atomic E-state index is 13.9. The molecule has 0 aromatic heterocycles. The minimum atomic E-state index is -3.58. The molecule has 0 saturated carbocycles. The van der Waals surface area contributed by atoms with Gasteiger partial charge in [-0.1, -0.05) is 17.7 Å². The minimum absolute atomic E-state index is 0.00936. The summed E-state index contributed by atoms with van der Waals surface area (Å²) in [6.45, 7) is -0.00936. The third-order valence-electron chi connectivity index (χ3n) is 3.44. The Balaban J connectivity index is 2.46. The average molecular weight is 373 g/mol. The van der Waals surface area contributed by atoms with Gasteiger partial charge in [-0.3, -0.25) is 10.1 Å². The van der Waals surface area contributed by atoms with Gasteiger partial charge in [0, 0.05) is 36.5 Å². The van der Waals surface area contributed by atoms with Crippen molar-refractivity contribution in [2.45, 2.75) is 11.4 Å². The molecule has 0 heterocycles. The van der Waals surface area contributed by atoms with Crippen molar-refractivity contribution in [2.75, 3.05) is 18.2 Å². The molecule has 0 N–H and O–H groups in total. The molecule has 24 heavy (non-hydrogen) atoms. The van der Waals surface area contributed by atoms with Gasteiger partial charge in [0.2, 0.25) is 0 Å². The fourth-order valence-electron chi connectivity index (χ4n) is 2.21. The van der Waals surface area contributed by atoms with Crippen molar-refractivity contribution >= 4 is 32.8 Å². The summed E-state index contributed by atoms with van der Waals surface area (Å²) in [5.74, 6) is -0.523. The highest BCUT2D eigenvalue weighted by Gasteiger charge is 2.22. The Morgan fingerprint density at radius 1 is 1.29 bits per heavy atom. The van der Waals surface area contributed by atoms with Crippen LogP contribution in [0, 0.1) is 15.9 Å². The lowest BCUT2D eigenvalue weighted by molar-refractivity contribution is -0.384. The molecule has 0 unspecified atom stereocenters.